The van der Waals surface area contributed by atoms with Gasteiger partial charge in [0.05, 0.1) is 36.5 Å². The quantitative estimate of drug-likeness (QED) is 0.230. The third-order valence-corrected chi connectivity index (χ3v) is 7.82. The highest BCUT2D eigenvalue weighted by atomic mass is 79.9. The van der Waals surface area contributed by atoms with Gasteiger partial charge in [0, 0.05) is 64.3 Å². The third-order valence-electron chi connectivity index (χ3n) is 7.32. The number of halogens is 1. The molecule has 7 nitrogen and oxygen atoms in total. The Kier molecular flexibility index (Phi) is 8.12. The van der Waals surface area contributed by atoms with Crippen LogP contribution in [0, 0.1) is 11.8 Å². The van der Waals surface area contributed by atoms with Crippen molar-refractivity contribution in [2.45, 2.75) is 13.1 Å². The van der Waals surface area contributed by atoms with Gasteiger partial charge in [0.2, 0.25) is 0 Å². The second kappa shape index (κ2) is 12.2. The number of H-pyrrole nitrogens is 1. The number of morpholine rings is 1. The summed E-state index contributed by atoms with van der Waals surface area (Å²) in [7, 11) is 0. The molecular formula is C33H30BrN5O2. The Bertz CT molecular complexity index is 1780. The van der Waals surface area contributed by atoms with E-state index in [4.69, 9.17) is 15.5 Å². The van der Waals surface area contributed by atoms with Crippen LogP contribution in [0.2, 0.25) is 0 Å². The van der Waals surface area contributed by atoms with Crippen LogP contribution >= 0.6 is 15.9 Å². The summed E-state index contributed by atoms with van der Waals surface area (Å²) in [5.41, 5.74) is 12.6. The van der Waals surface area contributed by atoms with Crippen molar-refractivity contribution in [2.75, 3.05) is 32.8 Å². The Morgan fingerprint density at radius 2 is 1.83 bits per heavy atom. The Balaban J connectivity index is 1.36. The van der Waals surface area contributed by atoms with E-state index in [1.165, 1.54) is 0 Å². The lowest BCUT2D eigenvalue weighted by Crippen LogP contribution is -2.36. The molecule has 0 saturated carbocycles. The molecule has 41 heavy (non-hydrogen) atoms. The summed E-state index contributed by atoms with van der Waals surface area (Å²) >= 11 is 3.58. The first-order valence-electron chi connectivity index (χ1n) is 13.6. The molecule has 0 unspecified atom stereocenters. The van der Waals surface area contributed by atoms with Crippen molar-refractivity contribution in [3.63, 3.8) is 0 Å². The lowest BCUT2D eigenvalue weighted by molar-refractivity contribution is 0.0443. The van der Waals surface area contributed by atoms with E-state index >= 15 is 0 Å². The van der Waals surface area contributed by atoms with Crippen LogP contribution in [0.4, 0.5) is 0 Å². The highest BCUT2D eigenvalue weighted by molar-refractivity contribution is 9.10. The zero-order valence-electron chi connectivity index (χ0n) is 22.5. The van der Waals surface area contributed by atoms with Crippen molar-refractivity contribution in [1.29, 1.82) is 0 Å². The molecule has 4 N–H and O–H groups in total. The maximum atomic E-state index is 13.7. The van der Waals surface area contributed by atoms with Gasteiger partial charge in [0.25, 0.3) is 5.91 Å². The molecule has 0 bridgehead atoms. The number of rotatable bonds is 6. The normalized spacial score (nSPS) is 13.7. The van der Waals surface area contributed by atoms with E-state index in [0.717, 1.165) is 80.5 Å². The number of aromatic nitrogens is 2. The third kappa shape index (κ3) is 6.19. The molecule has 0 aliphatic carbocycles. The first-order chi connectivity index (χ1) is 20.1. The number of benzene rings is 3. The summed E-state index contributed by atoms with van der Waals surface area (Å²) in [6.45, 7) is 4.85. The van der Waals surface area contributed by atoms with Gasteiger partial charge in [0.15, 0.2) is 0 Å². The second-order valence-electron chi connectivity index (χ2n) is 10.1. The van der Waals surface area contributed by atoms with Crippen molar-refractivity contribution >= 4 is 43.6 Å². The van der Waals surface area contributed by atoms with Crippen LogP contribution in [0.1, 0.15) is 27.0 Å². The number of pyridine rings is 1. The summed E-state index contributed by atoms with van der Waals surface area (Å²) in [6, 6.07) is 21.8. The highest BCUT2D eigenvalue weighted by Gasteiger charge is 2.17. The Morgan fingerprint density at radius 3 is 2.63 bits per heavy atom. The van der Waals surface area contributed by atoms with Gasteiger partial charge in [0.1, 0.15) is 0 Å². The first-order valence-corrected chi connectivity index (χ1v) is 14.4. The zero-order chi connectivity index (χ0) is 28.2. The highest BCUT2D eigenvalue weighted by Crippen LogP contribution is 2.32. The summed E-state index contributed by atoms with van der Waals surface area (Å²) in [6.07, 6.45) is 1.94. The Labute approximate surface area is 247 Å². The van der Waals surface area contributed by atoms with Crippen LogP contribution < -0.4 is 11.1 Å². The summed E-state index contributed by atoms with van der Waals surface area (Å²) in [4.78, 5) is 24.3. The molecule has 1 saturated heterocycles. The van der Waals surface area contributed by atoms with Crippen LogP contribution in [0.5, 0.6) is 0 Å². The largest absolute Gasteiger partial charge is 0.379 e. The van der Waals surface area contributed by atoms with Gasteiger partial charge >= 0.3 is 0 Å². The van der Waals surface area contributed by atoms with Crippen molar-refractivity contribution in [3.8, 4) is 23.1 Å². The minimum Gasteiger partial charge on any atom is -0.379 e. The lowest BCUT2D eigenvalue weighted by atomic mass is 10.0. The number of nitrogens with zero attached hydrogens (tertiary/aromatic N) is 2. The number of nitrogens with one attached hydrogen (secondary N) is 2. The van der Waals surface area contributed by atoms with Crippen molar-refractivity contribution < 1.29 is 9.53 Å². The summed E-state index contributed by atoms with van der Waals surface area (Å²) < 4.78 is 6.41. The van der Waals surface area contributed by atoms with Crippen molar-refractivity contribution in [3.05, 3.63) is 99.7 Å². The molecule has 1 aliphatic rings. The fourth-order valence-electron chi connectivity index (χ4n) is 5.02. The lowest BCUT2D eigenvalue weighted by Gasteiger charge is -2.24. The molecule has 8 heteroatoms. The van der Waals surface area contributed by atoms with E-state index in [0.29, 0.717) is 25.2 Å². The van der Waals surface area contributed by atoms with Gasteiger partial charge in [-0.05, 0) is 53.6 Å². The minimum absolute atomic E-state index is 0.166. The maximum Gasteiger partial charge on any atom is 0.252 e. The van der Waals surface area contributed by atoms with E-state index in [9.17, 15) is 4.79 Å². The standard InChI is InChI=1S/C33H30BrN5O2/c34-25-8-10-30-27(17-25)29(21-36-30)32-18-28(33(40)37-20-24-5-3-23(19-35)4-6-24)26-16-22(7-9-31(26)38-32)2-1-11-39-12-14-41-15-13-39/h3-10,16-18,21,36H,11-15,19-20,35H2,(H,37,40). The SMILES string of the molecule is NCc1ccc(CNC(=O)c2cc(-c3c[nH]c4ccc(Br)cc34)nc3ccc(C#CCN4CCOCC4)cc23)cc1. The van der Waals surface area contributed by atoms with E-state index in [1.807, 2.05) is 66.9 Å². The Hall–Kier alpha value is -4.00. The maximum absolute atomic E-state index is 13.7. The number of carbonyl (C=O) groups is 1. The van der Waals surface area contributed by atoms with Crippen LogP contribution in [-0.2, 0) is 17.8 Å². The van der Waals surface area contributed by atoms with E-state index in [1.54, 1.807) is 0 Å². The first kappa shape index (κ1) is 27.2. The Morgan fingerprint density at radius 1 is 1.02 bits per heavy atom. The van der Waals surface area contributed by atoms with Gasteiger partial charge < -0.3 is 20.8 Å². The van der Waals surface area contributed by atoms with Crippen molar-refractivity contribution in [2.24, 2.45) is 5.73 Å². The fourth-order valence-corrected chi connectivity index (χ4v) is 5.38. The number of fused-ring (bicyclic) bond motifs is 2. The molecular weight excluding hydrogens is 578 g/mol. The number of aromatic amines is 1. The number of carbonyl (C=O) groups excluding carboxylic acids is 1. The average molecular weight is 609 g/mol. The molecule has 3 heterocycles. The number of ether oxygens (including phenoxy) is 1. The number of hydrogen-bond acceptors (Lipinski definition) is 5. The zero-order valence-corrected chi connectivity index (χ0v) is 24.1. The summed E-state index contributed by atoms with van der Waals surface area (Å²) in [5, 5.41) is 4.90. The smallest absolute Gasteiger partial charge is 0.252 e. The molecule has 1 fully saturated rings. The van der Waals surface area contributed by atoms with E-state index < -0.39 is 0 Å². The van der Waals surface area contributed by atoms with Crippen LogP contribution in [-0.4, -0.2) is 53.6 Å². The molecule has 0 spiro atoms. The van der Waals surface area contributed by atoms with Gasteiger partial charge in [-0.25, -0.2) is 4.98 Å². The van der Waals surface area contributed by atoms with Crippen LogP contribution in [0.3, 0.4) is 0 Å². The topological polar surface area (TPSA) is 96.3 Å². The van der Waals surface area contributed by atoms with E-state index in [-0.39, 0.29) is 5.91 Å². The van der Waals surface area contributed by atoms with Crippen LogP contribution in [0.25, 0.3) is 33.1 Å². The molecule has 3 aromatic carbocycles. The fraction of sp³-hybridized carbons (Fsp3) is 0.212. The molecule has 206 valence electrons. The predicted molar refractivity (Wildman–Crippen MR) is 166 cm³/mol. The van der Waals surface area contributed by atoms with Gasteiger partial charge in [-0.2, -0.15) is 0 Å². The molecule has 1 aliphatic heterocycles. The molecule has 0 radical (unpaired) electrons. The average Bonchev–Trinajstić information content (AvgIpc) is 3.43. The predicted octanol–water partition coefficient (Wildman–Crippen LogP) is 5.22. The van der Waals surface area contributed by atoms with Gasteiger partial charge in [-0.15, -0.1) is 0 Å². The van der Waals surface area contributed by atoms with Crippen LogP contribution in [0.15, 0.2) is 77.4 Å². The molecule has 6 rings (SSSR count). The monoisotopic (exact) mass is 607 g/mol. The molecule has 2 aromatic heterocycles. The van der Waals surface area contributed by atoms with Gasteiger partial charge in [-0.1, -0.05) is 52.0 Å². The van der Waals surface area contributed by atoms with Crippen molar-refractivity contribution in [1.82, 2.24) is 20.2 Å². The minimum atomic E-state index is -0.166. The second-order valence-corrected chi connectivity index (χ2v) is 11.0. The molecule has 1 amide bonds. The van der Waals surface area contributed by atoms with Gasteiger partial charge in [-0.3, -0.25) is 9.69 Å². The molecule has 0 atom stereocenters. The van der Waals surface area contributed by atoms with E-state index in [2.05, 4.69) is 49.0 Å². The number of amides is 1. The summed E-state index contributed by atoms with van der Waals surface area (Å²) in [5.74, 6) is 6.40. The number of nitrogens with two attached hydrogens (primary N) is 1. The number of hydrogen-bond donors (Lipinski definition) is 3. The molecule has 5 aromatic rings.